The molecular weight excluding hydrogens is 303 g/mol. The summed E-state index contributed by atoms with van der Waals surface area (Å²) in [5, 5.41) is 0. The molecule has 0 saturated heterocycles. The summed E-state index contributed by atoms with van der Waals surface area (Å²) in [4.78, 5) is 9.01. The van der Waals surface area contributed by atoms with Gasteiger partial charge in [0.2, 0.25) is 0 Å². The van der Waals surface area contributed by atoms with Crippen LogP contribution in [0.4, 0.5) is 11.4 Å². The van der Waals surface area contributed by atoms with Crippen LogP contribution in [-0.4, -0.2) is 12.4 Å². The molecule has 0 aromatic heterocycles. The largest absolute Gasteiger partial charge is 0.255 e. The minimum Gasteiger partial charge on any atom is -0.255 e. The third kappa shape index (κ3) is 4.37. The first kappa shape index (κ1) is 17.3. The Bertz CT molecular complexity index is 573. The second-order valence-corrected chi connectivity index (χ2v) is 5.04. The van der Waals surface area contributed by atoms with Crippen molar-refractivity contribution in [1.82, 2.24) is 0 Å². The normalized spacial score (nSPS) is 11.0. The molecule has 21 heavy (non-hydrogen) atoms. The molecule has 0 heterocycles. The van der Waals surface area contributed by atoms with Crippen LogP contribution >= 0.6 is 0 Å². The van der Waals surface area contributed by atoms with Gasteiger partial charge in [-0.2, -0.15) is 0 Å². The first-order valence-electron chi connectivity index (χ1n) is 6.78. The van der Waals surface area contributed by atoms with E-state index < -0.39 is 0 Å². The molecule has 0 aliphatic rings. The van der Waals surface area contributed by atoms with Crippen LogP contribution in [0.15, 0.2) is 46.4 Å². The molecule has 2 aromatic rings. The van der Waals surface area contributed by atoms with Crippen molar-refractivity contribution in [3.8, 4) is 0 Å². The maximum atomic E-state index is 4.51. The summed E-state index contributed by atoms with van der Waals surface area (Å²) in [6, 6.07) is 12.4. The van der Waals surface area contributed by atoms with E-state index in [1.54, 1.807) is 12.4 Å². The summed E-state index contributed by atoms with van der Waals surface area (Å²) in [5.74, 6) is 0. The Labute approximate surface area is 137 Å². The molecule has 0 fully saturated rings. The molecule has 0 aliphatic carbocycles. The van der Waals surface area contributed by atoms with Gasteiger partial charge in [-0.1, -0.05) is 36.4 Å². The minimum absolute atomic E-state index is 0. The van der Waals surface area contributed by atoms with Gasteiger partial charge in [0.05, 0.1) is 11.4 Å². The Kier molecular flexibility index (Phi) is 6.52. The van der Waals surface area contributed by atoms with Crippen molar-refractivity contribution < 1.29 is 16.5 Å². The van der Waals surface area contributed by atoms with Gasteiger partial charge in [-0.15, -0.1) is 0 Å². The number of nitrogens with zero attached hydrogens (tertiary/aromatic N) is 2. The van der Waals surface area contributed by atoms with Crippen molar-refractivity contribution in [1.29, 1.82) is 0 Å². The van der Waals surface area contributed by atoms with E-state index in [0.717, 1.165) is 11.4 Å². The van der Waals surface area contributed by atoms with Crippen molar-refractivity contribution in [3.05, 3.63) is 58.7 Å². The number of aryl methyl sites for hydroxylation is 4. The van der Waals surface area contributed by atoms with Gasteiger partial charge in [0.25, 0.3) is 0 Å². The summed E-state index contributed by atoms with van der Waals surface area (Å²) >= 11 is 0. The number of para-hydroxylation sites is 2. The second-order valence-electron chi connectivity index (χ2n) is 5.04. The number of benzene rings is 2. The van der Waals surface area contributed by atoms with Crippen LogP contribution in [0.2, 0.25) is 0 Å². The topological polar surface area (TPSA) is 24.7 Å². The molecule has 0 bridgehead atoms. The van der Waals surface area contributed by atoms with Crippen molar-refractivity contribution in [2.24, 2.45) is 9.98 Å². The minimum atomic E-state index is 0. The van der Waals surface area contributed by atoms with E-state index in [4.69, 9.17) is 0 Å². The van der Waals surface area contributed by atoms with Crippen molar-refractivity contribution in [2.75, 3.05) is 0 Å². The Balaban J connectivity index is 0.00000220. The van der Waals surface area contributed by atoms with E-state index in [0.29, 0.717) is 0 Å². The Morgan fingerprint density at radius 2 is 0.905 bits per heavy atom. The predicted molar refractivity (Wildman–Crippen MR) is 88.1 cm³/mol. The van der Waals surface area contributed by atoms with Gasteiger partial charge in [0.15, 0.2) is 0 Å². The molecular formula is C18H20N2Ni. The molecule has 2 nitrogen and oxygen atoms in total. The number of hydrogen-bond donors (Lipinski definition) is 0. The molecule has 0 saturated carbocycles. The molecule has 112 valence electrons. The molecule has 0 unspecified atom stereocenters. The fourth-order valence-corrected chi connectivity index (χ4v) is 2.23. The predicted octanol–water partition coefficient (Wildman–Crippen LogP) is 5.02. The average molecular weight is 323 g/mol. The van der Waals surface area contributed by atoms with Gasteiger partial charge in [-0.3, -0.25) is 9.98 Å². The summed E-state index contributed by atoms with van der Waals surface area (Å²) in [6.07, 6.45) is 3.53. The second kappa shape index (κ2) is 7.90. The zero-order valence-corrected chi connectivity index (χ0v) is 13.8. The molecule has 3 heteroatoms. The summed E-state index contributed by atoms with van der Waals surface area (Å²) in [7, 11) is 0. The van der Waals surface area contributed by atoms with E-state index in [9.17, 15) is 0 Å². The quantitative estimate of drug-likeness (QED) is 0.559. The molecule has 0 N–H and O–H groups in total. The zero-order chi connectivity index (χ0) is 14.5. The zero-order valence-electron chi connectivity index (χ0n) is 12.8. The third-order valence-electron chi connectivity index (χ3n) is 3.35. The third-order valence-corrected chi connectivity index (χ3v) is 3.35. The maximum Gasteiger partial charge on any atom is 0.0688 e. The van der Waals surface area contributed by atoms with Gasteiger partial charge in [0.1, 0.15) is 0 Å². The number of aliphatic imine (C=N–C) groups is 2. The van der Waals surface area contributed by atoms with E-state index in [1.165, 1.54) is 22.3 Å². The number of hydrogen-bond acceptors (Lipinski definition) is 2. The Morgan fingerprint density at radius 1 is 0.619 bits per heavy atom. The van der Waals surface area contributed by atoms with Crippen LogP contribution < -0.4 is 0 Å². The average Bonchev–Trinajstić information content (AvgIpc) is 2.40. The first-order valence-corrected chi connectivity index (χ1v) is 6.78. The number of rotatable bonds is 3. The first-order chi connectivity index (χ1) is 9.59. The summed E-state index contributed by atoms with van der Waals surface area (Å²) < 4.78 is 0. The van der Waals surface area contributed by atoms with E-state index >= 15 is 0 Å². The SMILES string of the molecule is Cc1cccc(C)c1N=CC=Nc1c(C)cccc1C.[Ni]. The monoisotopic (exact) mass is 322 g/mol. The van der Waals surface area contributed by atoms with Crippen molar-refractivity contribution in [2.45, 2.75) is 27.7 Å². The van der Waals surface area contributed by atoms with E-state index in [1.807, 2.05) is 0 Å². The molecule has 0 spiro atoms. The fourth-order valence-electron chi connectivity index (χ4n) is 2.23. The molecule has 0 radical (unpaired) electrons. The van der Waals surface area contributed by atoms with Crippen LogP contribution in [0.3, 0.4) is 0 Å². The molecule has 0 amide bonds. The van der Waals surface area contributed by atoms with Gasteiger partial charge in [-0.05, 0) is 49.9 Å². The van der Waals surface area contributed by atoms with Crippen LogP contribution in [0.25, 0.3) is 0 Å². The van der Waals surface area contributed by atoms with Crippen molar-refractivity contribution >= 4 is 23.8 Å². The Morgan fingerprint density at radius 3 is 1.19 bits per heavy atom. The van der Waals surface area contributed by atoms with Crippen molar-refractivity contribution in [3.63, 3.8) is 0 Å². The van der Waals surface area contributed by atoms with Gasteiger partial charge >= 0.3 is 0 Å². The molecule has 0 aliphatic heterocycles. The summed E-state index contributed by atoms with van der Waals surface area (Å²) in [5.41, 5.74) is 6.79. The van der Waals surface area contributed by atoms with Gasteiger partial charge in [0, 0.05) is 28.9 Å². The summed E-state index contributed by atoms with van der Waals surface area (Å²) in [6.45, 7) is 8.29. The van der Waals surface area contributed by atoms with E-state index in [-0.39, 0.29) is 16.5 Å². The fraction of sp³-hybridized carbons (Fsp3) is 0.222. The maximum absolute atomic E-state index is 4.51. The van der Waals surface area contributed by atoms with Gasteiger partial charge < -0.3 is 0 Å². The molecule has 2 aromatic carbocycles. The van der Waals surface area contributed by atoms with E-state index in [2.05, 4.69) is 74.1 Å². The van der Waals surface area contributed by atoms with Crippen LogP contribution in [0, 0.1) is 27.7 Å². The smallest absolute Gasteiger partial charge is 0.0688 e. The van der Waals surface area contributed by atoms with Gasteiger partial charge in [-0.25, -0.2) is 0 Å². The molecule has 2 rings (SSSR count). The van der Waals surface area contributed by atoms with Crippen LogP contribution in [-0.2, 0) is 16.5 Å². The molecule has 0 atom stereocenters. The Hall–Kier alpha value is -1.73. The van der Waals surface area contributed by atoms with Crippen LogP contribution in [0.1, 0.15) is 22.3 Å². The van der Waals surface area contributed by atoms with Crippen LogP contribution in [0.5, 0.6) is 0 Å². The standard InChI is InChI=1S/C18H20N2.Ni/c1-13-7-5-8-14(2)17(13)19-11-12-20-18-15(3)9-6-10-16(18)4;/h5-12H,1-4H3;.